The number of nitrogens with zero attached hydrogens (tertiary/aromatic N) is 1. The smallest absolute Gasteiger partial charge is 0.243 e. The number of hydrogen-bond donors (Lipinski definition) is 2. The Hall–Kier alpha value is -2.86. The van der Waals surface area contributed by atoms with Crippen LogP contribution in [0.4, 0.5) is 0 Å². The lowest BCUT2D eigenvalue weighted by molar-refractivity contribution is -0.140. The third-order valence-electron chi connectivity index (χ3n) is 5.67. The van der Waals surface area contributed by atoms with Crippen LogP contribution in [0.3, 0.4) is 0 Å². The molecule has 0 heterocycles. The minimum absolute atomic E-state index is 0.0185. The van der Waals surface area contributed by atoms with Crippen molar-refractivity contribution in [1.82, 2.24) is 10.2 Å². The molecule has 0 aliphatic heterocycles. The zero-order valence-corrected chi connectivity index (χ0v) is 20.3. The van der Waals surface area contributed by atoms with Crippen LogP contribution in [0, 0.1) is 5.92 Å². The number of carbonyl (C=O) groups excluding carboxylic acids is 2. The molecule has 6 nitrogen and oxygen atoms in total. The first-order valence-corrected chi connectivity index (χ1v) is 11.9. The van der Waals surface area contributed by atoms with Gasteiger partial charge in [-0.15, -0.1) is 0 Å². The molecular formula is C27H39N3O3. The van der Waals surface area contributed by atoms with E-state index in [4.69, 9.17) is 10.5 Å². The van der Waals surface area contributed by atoms with Crippen molar-refractivity contribution in [2.45, 2.75) is 58.6 Å². The molecule has 0 aliphatic rings. The molecule has 180 valence electrons. The lowest BCUT2D eigenvalue weighted by Gasteiger charge is -2.30. The maximum Gasteiger partial charge on any atom is 0.243 e. The molecule has 1 atom stereocenters. The van der Waals surface area contributed by atoms with E-state index in [0.717, 1.165) is 42.6 Å². The summed E-state index contributed by atoms with van der Waals surface area (Å²) in [6, 6.07) is 17.1. The number of ether oxygens (including phenoxy) is 1. The first-order valence-electron chi connectivity index (χ1n) is 11.9. The van der Waals surface area contributed by atoms with Gasteiger partial charge in [0.05, 0.1) is 6.42 Å². The molecule has 2 aromatic rings. The van der Waals surface area contributed by atoms with Crippen LogP contribution in [0.15, 0.2) is 54.6 Å². The van der Waals surface area contributed by atoms with Crippen molar-refractivity contribution in [3.8, 4) is 5.75 Å². The molecule has 1 unspecified atom stereocenters. The van der Waals surface area contributed by atoms with Crippen LogP contribution >= 0.6 is 0 Å². The van der Waals surface area contributed by atoms with E-state index in [1.54, 1.807) is 11.9 Å². The molecule has 0 saturated carbocycles. The van der Waals surface area contributed by atoms with Crippen molar-refractivity contribution in [3.05, 3.63) is 65.7 Å². The van der Waals surface area contributed by atoms with Crippen molar-refractivity contribution in [2.75, 3.05) is 20.1 Å². The zero-order valence-electron chi connectivity index (χ0n) is 20.3. The van der Waals surface area contributed by atoms with E-state index in [0.29, 0.717) is 19.7 Å². The van der Waals surface area contributed by atoms with Gasteiger partial charge in [-0.2, -0.15) is 0 Å². The third-order valence-corrected chi connectivity index (χ3v) is 5.67. The summed E-state index contributed by atoms with van der Waals surface area (Å²) in [6.07, 6.45) is 4.30. The highest BCUT2D eigenvalue weighted by molar-refractivity contribution is 5.88. The molecule has 0 bridgehead atoms. The molecule has 33 heavy (non-hydrogen) atoms. The molecule has 0 aliphatic carbocycles. The number of rotatable bonds is 14. The fourth-order valence-corrected chi connectivity index (χ4v) is 3.76. The molecule has 0 spiro atoms. The van der Waals surface area contributed by atoms with Gasteiger partial charge in [0, 0.05) is 13.6 Å². The number of benzene rings is 2. The Kier molecular flexibility index (Phi) is 11.5. The maximum absolute atomic E-state index is 12.9. The van der Waals surface area contributed by atoms with E-state index >= 15 is 0 Å². The Labute approximate surface area is 198 Å². The van der Waals surface area contributed by atoms with E-state index in [-0.39, 0.29) is 24.2 Å². The van der Waals surface area contributed by atoms with Crippen molar-refractivity contribution in [1.29, 1.82) is 0 Å². The van der Waals surface area contributed by atoms with Crippen LogP contribution in [0.5, 0.6) is 5.75 Å². The summed E-state index contributed by atoms with van der Waals surface area (Å²) >= 11 is 0. The van der Waals surface area contributed by atoms with Crippen molar-refractivity contribution < 1.29 is 14.3 Å². The predicted molar refractivity (Wildman–Crippen MR) is 133 cm³/mol. The van der Waals surface area contributed by atoms with Crippen LogP contribution in [-0.2, 0) is 22.6 Å². The van der Waals surface area contributed by atoms with E-state index in [1.807, 2.05) is 68.4 Å². The van der Waals surface area contributed by atoms with Gasteiger partial charge in [-0.25, -0.2) is 0 Å². The Morgan fingerprint density at radius 1 is 0.939 bits per heavy atom. The number of hydrogen-bond acceptors (Lipinski definition) is 4. The second-order valence-electron chi connectivity index (χ2n) is 8.78. The van der Waals surface area contributed by atoms with Crippen LogP contribution in [0.25, 0.3) is 0 Å². The lowest BCUT2D eigenvalue weighted by atomic mass is 10.0. The van der Waals surface area contributed by atoms with Gasteiger partial charge >= 0.3 is 0 Å². The van der Waals surface area contributed by atoms with E-state index in [2.05, 4.69) is 5.32 Å². The fraction of sp³-hybridized carbons (Fsp3) is 0.481. The highest BCUT2D eigenvalue weighted by Gasteiger charge is 2.29. The van der Waals surface area contributed by atoms with Gasteiger partial charge in [-0.05, 0) is 48.6 Å². The van der Waals surface area contributed by atoms with Crippen LogP contribution in [-0.4, -0.2) is 42.9 Å². The zero-order chi connectivity index (χ0) is 24.1. The molecule has 6 heteroatoms. The average molecular weight is 454 g/mol. The fourth-order valence-electron chi connectivity index (χ4n) is 3.76. The summed E-state index contributed by atoms with van der Waals surface area (Å²) in [5, 5.41) is 3.00. The number of nitrogens with one attached hydrogen (secondary N) is 1. The molecule has 3 N–H and O–H groups in total. The molecule has 2 amide bonds. The largest absolute Gasteiger partial charge is 0.489 e. The summed E-state index contributed by atoms with van der Waals surface area (Å²) in [5.41, 5.74) is 7.50. The van der Waals surface area contributed by atoms with Gasteiger partial charge in [0.2, 0.25) is 11.8 Å². The van der Waals surface area contributed by atoms with Crippen LogP contribution < -0.4 is 15.8 Å². The van der Waals surface area contributed by atoms with Gasteiger partial charge in [-0.3, -0.25) is 9.59 Å². The summed E-state index contributed by atoms with van der Waals surface area (Å²) in [6.45, 7) is 5.76. The SMILES string of the molecule is CC(C)C(C(=O)NCCCCCCN)N(C)C(=O)Cc1ccc(OCc2ccccc2)cc1. The van der Waals surface area contributed by atoms with Gasteiger partial charge in [0.1, 0.15) is 18.4 Å². The lowest BCUT2D eigenvalue weighted by Crippen LogP contribution is -2.51. The van der Waals surface area contributed by atoms with Gasteiger partial charge in [0.15, 0.2) is 0 Å². The minimum atomic E-state index is -0.491. The highest BCUT2D eigenvalue weighted by atomic mass is 16.5. The van der Waals surface area contributed by atoms with E-state index < -0.39 is 6.04 Å². The standard InChI is InChI=1S/C27H39N3O3/c1-21(2)26(27(32)29-18-10-5-4-9-17-28)30(3)25(31)19-22-13-15-24(16-14-22)33-20-23-11-7-6-8-12-23/h6-8,11-16,21,26H,4-5,9-10,17-20,28H2,1-3H3,(H,29,32). The number of nitrogens with two attached hydrogens (primary N) is 1. The molecule has 2 rings (SSSR count). The molecular weight excluding hydrogens is 414 g/mol. The van der Waals surface area contributed by atoms with Crippen molar-refractivity contribution in [2.24, 2.45) is 11.7 Å². The summed E-state index contributed by atoms with van der Waals surface area (Å²) in [4.78, 5) is 27.3. The molecule has 0 radical (unpaired) electrons. The Bertz CT molecular complexity index is 837. The van der Waals surface area contributed by atoms with Gasteiger partial charge in [-0.1, -0.05) is 69.2 Å². The highest BCUT2D eigenvalue weighted by Crippen LogP contribution is 2.17. The number of carbonyl (C=O) groups is 2. The molecule has 2 aromatic carbocycles. The van der Waals surface area contributed by atoms with Gasteiger partial charge in [0.25, 0.3) is 0 Å². The van der Waals surface area contributed by atoms with E-state index in [1.165, 1.54) is 0 Å². The van der Waals surface area contributed by atoms with Crippen LogP contribution in [0.2, 0.25) is 0 Å². The Balaban J connectivity index is 1.85. The number of unbranched alkanes of at least 4 members (excludes halogenated alkanes) is 3. The molecule has 0 saturated heterocycles. The predicted octanol–water partition coefficient (Wildman–Crippen LogP) is 3.93. The van der Waals surface area contributed by atoms with Gasteiger partial charge < -0.3 is 20.7 Å². The maximum atomic E-state index is 12.9. The van der Waals surface area contributed by atoms with E-state index in [9.17, 15) is 9.59 Å². The number of amides is 2. The normalized spacial score (nSPS) is 11.8. The monoisotopic (exact) mass is 453 g/mol. The Morgan fingerprint density at radius 2 is 1.61 bits per heavy atom. The van der Waals surface area contributed by atoms with Crippen molar-refractivity contribution in [3.63, 3.8) is 0 Å². The minimum Gasteiger partial charge on any atom is -0.489 e. The topological polar surface area (TPSA) is 84.7 Å². The van der Waals surface area contributed by atoms with Crippen LogP contribution in [0.1, 0.15) is 50.7 Å². The average Bonchev–Trinajstić information content (AvgIpc) is 2.81. The first-order chi connectivity index (χ1) is 15.9. The molecule has 0 fully saturated rings. The Morgan fingerprint density at radius 3 is 2.24 bits per heavy atom. The van der Waals surface area contributed by atoms with Crippen molar-refractivity contribution >= 4 is 11.8 Å². The molecule has 0 aromatic heterocycles. The summed E-state index contributed by atoms with van der Waals surface area (Å²) in [5.74, 6) is 0.605. The third kappa shape index (κ3) is 9.26. The second kappa shape index (κ2) is 14.3. The summed E-state index contributed by atoms with van der Waals surface area (Å²) < 4.78 is 5.81. The quantitative estimate of drug-likeness (QED) is 0.425. The summed E-state index contributed by atoms with van der Waals surface area (Å²) in [7, 11) is 1.71. The number of likely N-dealkylation sites (N-methyl/N-ethyl adjacent to an activating group) is 1. The second-order valence-corrected chi connectivity index (χ2v) is 8.78. The first kappa shape index (κ1) is 26.4.